The van der Waals surface area contributed by atoms with Crippen molar-refractivity contribution in [3.63, 3.8) is 0 Å². The summed E-state index contributed by atoms with van der Waals surface area (Å²) in [4.78, 5) is 19.8. The van der Waals surface area contributed by atoms with Crippen LogP contribution in [0.25, 0.3) is 88.9 Å². The lowest BCUT2D eigenvalue weighted by molar-refractivity contribution is 0.669. The topological polar surface area (TPSA) is 64.7 Å². The van der Waals surface area contributed by atoms with E-state index in [0.29, 0.717) is 17.5 Å². The predicted octanol–water partition coefficient (Wildman–Crippen LogP) is 10.1. The minimum Gasteiger partial charge on any atom is -0.455 e. The lowest BCUT2D eigenvalue weighted by atomic mass is 10.0. The lowest BCUT2D eigenvalue weighted by Gasteiger charge is -2.10. The lowest BCUT2D eigenvalue weighted by Crippen LogP contribution is -2.00. The number of hydrogen-bond acceptors (Lipinski definition) is 5. The van der Waals surface area contributed by atoms with Gasteiger partial charge in [-0.2, -0.15) is 0 Å². The van der Waals surface area contributed by atoms with E-state index in [1.807, 2.05) is 54.7 Å². The van der Waals surface area contributed by atoms with Crippen LogP contribution in [0.5, 0.6) is 0 Å². The normalized spacial score (nSPS) is 11.6. The Labute approximate surface area is 258 Å². The Bertz CT molecular complexity index is 2540. The fourth-order valence-corrected chi connectivity index (χ4v) is 6.13. The Morgan fingerprint density at radius 3 is 1.98 bits per heavy atom. The molecule has 45 heavy (non-hydrogen) atoms. The van der Waals surface area contributed by atoms with Crippen LogP contribution in [0.1, 0.15) is 0 Å². The van der Waals surface area contributed by atoms with E-state index in [9.17, 15) is 0 Å². The molecule has 9 aromatic rings. The van der Waals surface area contributed by atoms with Gasteiger partial charge < -0.3 is 4.42 Å². The highest BCUT2D eigenvalue weighted by molar-refractivity contribution is 6.19. The van der Waals surface area contributed by atoms with E-state index in [2.05, 4.69) is 91.0 Å². The van der Waals surface area contributed by atoms with E-state index in [1.165, 1.54) is 5.39 Å². The molecule has 3 heterocycles. The smallest absolute Gasteiger partial charge is 0.167 e. The summed E-state index contributed by atoms with van der Waals surface area (Å²) in [5.74, 6) is 1.76. The van der Waals surface area contributed by atoms with Gasteiger partial charge in [0, 0.05) is 28.1 Å². The Morgan fingerprint density at radius 1 is 0.444 bits per heavy atom. The Kier molecular flexibility index (Phi) is 5.74. The van der Waals surface area contributed by atoms with Crippen LogP contribution in [-0.4, -0.2) is 19.9 Å². The van der Waals surface area contributed by atoms with Crippen molar-refractivity contribution in [1.82, 2.24) is 19.9 Å². The second kappa shape index (κ2) is 10.2. The minimum absolute atomic E-state index is 0.553. The number of furan rings is 1. The van der Waals surface area contributed by atoms with Crippen LogP contribution >= 0.6 is 0 Å². The molecule has 0 amide bonds. The van der Waals surface area contributed by atoms with Gasteiger partial charge in [-0.25, -0.2) is 15.0 Å². The molecule has 0 atom stereocenters. The molecular weight excluding hydrogens is 552 g/mol. The molecule has 210 valence electrons. The summed E-state index contributed by atoms with van der Waals surface area (Å²) in [6.07, 6.45) is 1.82. The van der Waals surface area contributed by atoms with Crippen LogP contribution in [0.3, 0.4) is 0 Å². The Balaban J connectivity index is 1.26. The van der Waals surface area contributed by atoms with Crippen LogP contribution in [0.15, 0.2) is 150 Å². The summed E-state index contributed by atoms with van der Waals surface area (Å²) in [5.41, 5.74) is 7.36. The highest BCUT2D eigenvalue weighted by Crippen LogP contribution is 2.38. The molecule has 0 aliphatic carbocycles. The molecule has 0 saturated heterocycles. The van der Waals surface area contributed by atoms with E-state index in [1.54, 1.807) is 0 Å². The molecule has 5 nitrogen and oxygen atoms in total. The molecule has 0 saturated carbocycles. The quantitative estimate of drug-likeness (QED) is 0.209. The molecule has 0 fully saturated rings. The van der Waals surface area contributed by atoms with Crippen LogP contribution < -0.4 is 0 Å². The van der Waals surface area contributed by atoms with Gasteiger partial charge in [0.1, 0.15) is 11.2 Å². The standard InChI is InChI=1S/C40H24N4O/c1-2-8-25(9-3-1)27-15-18-29(19-16-27)38-42-39(31-20-17-26-10-4-5-11-30(26)24-31)44-40(43-38)33-14-6-13-32-35-34(45-37(32)33)22-21-28-12-7-23-41-36(28)35/h1-24H. The molecule has 5 heteroatoms. The average molecular weight is 577 g/mol. The van der Waals surface area contributed by atoms with Crippen molar-refractivity contribution in [2.75, 3.05) is 0 Å². The van der Waals surface area contributed by atoms with Gasteiger partial charge in [-0.3, -0.25) is 4.98 Å². The van der Waals surface area contributed by atoms with E-state index >= 15 is 0 Å². The molecule has 0 radical (unpaired) electrons. The monoisotopic (exact) mass is 576 g/mol. The van der Waals surface area contributed by atoms with Gasteiger partial charge in [-0.1, -0.05) is 109 Å². The van der Waals surface area contributed by atoms with Crippen LogP contribution in [-0.2, 0) is 0 Å². The van der Waals surface area contributed by atoms with Gasteiger partial charge in [0.05, 0.1) is 16.5 Å². The third-order valence-electron chi connectivity index (χ3n) is 8.37. The van der Waals surface area contributed by atoms with E-state index in [4.69, 9.17) is 24.4 Å². The molecule has 0 unspecified atom stereocenters. The van der Waals surface area contributed by atoms with Crippen LogP contribution in [0.2, 0.25) is 0 Å². The third kappa shape index (κ3) is 4.33. The fourth-order valence-electron chi connectivity index (χ4n) is 6.13. The third-order valence-corrected chi connectivity index (χ3v) is 8.37. The molecule has 0 aliphatic rings. The maximum absolute atomic E-state index is 6.52. The first-order valence-corrected chi connectivity index (χ1v) is 14.9. The number of rotatable bonds is 4. The summed E-state index contributed by atoms with van der Waals surface area (Å²) in [6.45, 7) is 0. The molecule has 9 rings (SSSR count). The van der Waals surface area contributed by atoms with Crippen molar-refractivity contribution in [1.29, 1.82) is 0 Å². The van der Waals surface area contributed by atoms with Gasteiger partial charge in [-0.05, 0) is 52.2 Å². The zero-order valence-electron chi connectivity index (χ0n) is 24.1. The average Bonchev–Trinajstić information content (AvgIpc) is 3.51. The number of nitrogens with zero attached hydrogens (tertiary/aromatic N) is 4. The zero-order chi connectivity index (χ0) is 29.7. The van der Waals surface area contributed by atoms with Crippen molar-refractivity contribution >= 4 is 43.6 Å². The number of hydrogen-bond donors (Lipinski definition) is 0. The molecule has 0 bridgehead atoms. The molecular formula is C40H24N4O. The highest BCUT2D eigenvalue weighted by Gasteiger charge is 2.19. The first-order chi connectivity index (χ1) is 22.3. The molecule has 3 aromatic heterocycles. The number of fused-ring (bicyclic) bond motifs is 6. The molecule has 6 aromatic carbocycles. The maximum atomic E-state index is 6.52. The number of para-hydroxylation sites is 1. The maximum Gasteiger partial charge on any atom is 0.167 e. The molecule has 0 N–H and O–H groups in total. The van der Waals surface area contributed by atoms with Gasteiger partial charge in [-0.15, -0.1) is 0 Å². The van der Waals surface area contributed by atoms with Crippen LogP contribution in [0, 0.1) is 0 Å². The second-order valence-electron chi connectivity index (χ2n) is 11.1. The summed E-state index contributed by atoms with van der Waals surface area (Å²) in [5, 5.41) is 5.33. The zero-order valence-corrected chi connectivity index (χ0v) is 24.1. The van der Waals surface area contributed by atoms with Crippen molar-refractivity contribution < 1.29 is 4.42 Å². The largest absolute Gasteiger partial charge is 0.455 e. The van der Waals surface area contributed by atoms with E-state index < -0.39 is 0 Å². The first kappa shape index (κ1) is 25.3. The highest BCUT2D eigenvalue weighted by atomic mass is 16.3. The molecule has 0 aliphatic heterocycles. The van der Waals surface area contributed by atoms with Crippen molar-refractivity contribution in [2.24, 2.45) is 0 Å². The summed E-state index contributed by atoms with van der Waals surface area (Å²) >= 11 is 0. The molecule has 0 spiro atoms. The van der Waals surface area contributed by atoms with Gasteiger partial charge in [0.2, 0.25) is 0 Å². The Morgan fingerprint density at radius 2 is 1.11 bits per heavy atom. The van der Waals surface area contributed by atoms with Gasteiger partial charge in [0.15, 0.2) is 17.5 Å². The number of benzene rings is 6. The summed E-state index contributed by atoms with van der Waals surface area (Å²) < 4.78 is 6.52. The van der Waals surface area contributed by atoms with E-state index in [0.717, 1.165) is 66.0 Å². The second-order valence-corrected chi connectivity index (χ2v) is 11.1. The SMILES string of the molecule is c1ccc(-c2ccc(-c3nc(-c4ccc5ccccc5c4)nc(-c4cccc5c4oc4ccc6cccnc6c45)n3)cc2)cc1. The number of pyridine rings is 1. The van der Waals surface area contributed by atoms with Crippen molar-refractivity contribution in [3.8, 4) is 45.3 Å². The minimum atomic E-state index is 0.553. The first-order valence-electron chi connectivity index (χ1n) is 14.9. The Hall–Kier alpha value is -6.20. The predicted molar refractivity (Wildman–Crippen MR) is 182 cm³/mol. The van der Waals surface area contributed by atoms with Gasteiger partial charge >= 0.3 is 0 Å². The van der Waals surface area contributed by atoms with Crippen LogP contribution in [0.4, 0.5) is 0 Å². The summed E-state index contributed by atoms with van der Waals surface area (Å²) in [7, 11) is 0. The number of aromatic nitrogens is 4. The van der Waals surface area contributed by atoms with E-state index in [-0.39, 0.29) is 0 Å². The fraction of sp³-hybridized carbons (Fsp3) is 0. The van der Waals surface area contributed by atoms with Crippen molar-refractivity contribution in [3.05, 3.63) is 146 Å². The summed E-state index contributed by atoms with van der Waals surface area (Å²) in [6, 6.07) is 47.6. The van der Waals surface area contributed by atoms with Gasteiger partial charge in [0.25, 0.3) is 0 Å². The van der Waals surface area contributed by atoms with Crippen molar-refractivity contribution in [2.45, 2.75) is 0 Å².